The topological polar surface area (TPSA) is 58.4 Å². The van der Waals surface area contributed by atoms with Crippen molar-refractivity contribution in [2.75, 3.05) is 19.6 Å². The molecule has 0 unspecified atom stereocenters. The number of hydrogen-bond donors (Lipinski definition) is 2. The summed E-state index contributed by atoms with van der Waals surface area (Å²) in [4.78, 5) is 14.4. The lowest BCUT2D eigenvalue weighted by atomic mass is 10.0. The molecule has 0 aliphatic carbocycles. The van der Waals surface area contributed by atoms with Crippen molar-refractivity contribution >= 4 is 5.91 Å². The van der Waals surface area contributed by atoms with Crippen LogP contribution in [0.5, 0.6) is 0 Å². The van der Waals surface area contributed by atoms with Crippen LogP contribution in [0.4, 0.5) is 0 Å². The summed E-state index contributed by atoms with van der Waals surface area (Å²) in [5.74, 6) is 0.222. The molecule has 1 amide bonds. The van der Waals surface area contributed by atoms with Crippen molar-refractivity contribution in [3.8, 4) is 0 Å². The number of likely N-dealkylation sites (tertiary alicyclic amines) is 1. The maximum Gasteiger partial charge on any atom is 0.220 e. The summed E-state index contributed by atoms with van der Waals surface area (Å²) in [6, 6.07) is 11.0. The quantitative estimate of drug-likeness (QED) is 0.689. The molecule has 0 aromatic heterocycles. The zero-order chi connectivity index (χ0) is 16.3. The van der Waals surface area contributed by atoms with Gasteiger partial charge in [0.25, 0.3) is 0 Å². The van der Waals surface area contributed by atoms with E-state index in [1.807, 2.05) is 0 Å². The van der Waals surface area contributed by atoms with Gasteiger partial charge in [0, 0.05) is 32.1 Å². The van der Waals surface area contributed by atoms with E-state index in [1.54, 1.807) is 0 Å². The van der Waals surface area contributed by atoms with Gasteiger partial charge in [-0.1, -0.05) is 43.2 Å². The van der Waals surface area contributed by atoms with Gasteiger partial charge in [0.1, 0.15) is 0 Å². The average molecular weight is 317 g/mol. The molecule has 1 aromatic rings. The maximum absolute atomic E-state index is 12.0. The van der Waals surface area contributed by atoms with Crippen LogP contribution in [0.15, 0.2) is 30.3 Å². The molecular formula is C19H31N3O. The van der Waals surface area contributed by atoms with E-state index < -0.39 is 0 Å². The first-order valence-electron chi connectivity index (χ1n) is 9.03. The van der Waals surface area contributed by atoms with Gasteiger partial charge >= 0.3 is 0 Å². The molecule has 3 N–H and O–H groups in total. The van der Waals surface area contributed by atoms with Crippen LogP contribution in [-0.2, 0) is 11.3 Å². The SMILES string of the molecule is NCCCCCCC(=O)NC1CCN(Cc2ccccc2)CC1. The Hall–Kier alpha value is -1.39. The fourth-order valence-corrected chi connectivity index (χ4v) is 3.16. The predicted molar refractivity (Wildman–Crippen MR) is 95.0 cm³/mol. The van der Waals surface area contributed by atoms with Gasteiger partial charge in [0.05, 0.1) is 0 Å². The summed E-state index contributed by atoms with van der Waals surface area (Å²) in [5.41, 5.74) is 6.84. The van der Waals surface area contributed by atoms with Crippen LogP contribution in [0.1, 0.15) is 50.5 Å². The van der Waals surface area contributed by atoms with E-state index >= 15 is 0 Å². The van der Waals surface area contributed by atoms with Crippen LogP contribution in [-0.4, -0.2) is 36.5 Å². The van der Waals surface area contributed by atoms with Gasteiger partial charge < -0.3 is 11.1 Å². The van der Waals surface area contributed by atoms with Crippen molar-refractivity contribution in [3.05, 3.63) is 35.9 Å². The Kier molecular flexibility index (Phi) is 8.12. The third-order valence-corrected chi connectivity index (χ3v) is 4.56. The van der Waals surface area contributed by atoms with Crippen molar-refractivity contribution in [2.24, 2.45) is 5.73 Å². The third kappa shape index (κ3) is 7.14. The fraction of sp³-hybridized carbons (Fsp3) is 0.632. The highest BCUT2D eigenvalue weighted by Gasteiger charge is 2.20. The second kappa shape index (κ2) is 10.4. The minimum absolute atomic E-state index is 0.222. The van der Waals surface area contributed by atoms with Crippen LogP contribution in [0.2, 0.25) is 0 Å². The molecule has 23 heavy (non-hydrogen) atoms. The minimum Gasteiger partial charge on any atom is -0.353 e. The van der Waals surface area contributed by atoms with E-state index in [-0.39, 0.29) is 5.91 Å². The number of carbonyl (C=O) groups is 1. The number of rotatable bonds is 9. The van der Waals surface area contributed by atoms with Crippen LogP contribution in [0, 0.1) is 0 Å². The second-order valence-electron chi connectivity index (χ2n) is 6.56. The highest BCUT2D eigenvalue weighted by molar-refractivity contribution is 5.76. The molecule has 2 rings (SSSR count). The van der Waals surface area contributed by atoms with Gasteiger partial charge in [-0.2, -0.15) is 0 Å². The van der Waals surface area contributed by atoms with E-state index in [0.717, 1.165) is 64.7 Å². The molecule has 4 heteroatoms. The van der Waals surface area contributed by atoms with Crippen LogP contribution >= 0.6 is 0 Å². The Morgan fingerprint density at radius 2 is 1.78 bits per heavy atom. The first-order chi connectivity index (χ1) is 11.3. The lowest BCUT2D eigenvalue weighted by Crippen LogP contribution is -2.44. The third-order valence-electron chi connectivity index (χ3n) is 4.56. The van der Waals surface area contributed by atoms with Crippen molar-refractivity contribution in [3.63, 3.8) is 0 Å². The number of nitrogens with one attached hydrogen (secondary N) is 1. The zero-order valence-corrected chi connectivity index (χ0v) is 14.2. The molecule has 0 atom stereocenters. The number of unbranched alkanes of at least 4 members (excludes halogenated alkanes) is 3. The van der Waals surface area contributed by atoms with Gasteiger partial charge in [0.2, 0.25) is 5.91 Å². The molecule has 0 radical (unpaired) electrons. The van der Waals surface area contributed by atoms with E-state index in [2.05, 4.69) is 40.5 Å². The smallest absolute Gasteiger partial charge is 0.220 e. The Bertz CT molecular complexity index is 441. The number of piperidine rings is 1. The fourth-order valence-electron chi connectivity index (χ4n) is 3.16. The largest absolute Gasteiger partial charge is 0.353 e. The number of hydrogen-bond acceptors (Lipinski definition) is 3. The normalized spacial score (nSPS) is 16.4. The molecule has 128 valence electrons. The standard InChI is InChI=1S/C19H31N3O/c20-13-7-2-1-6-10-19(23)21-18-11-14-22(15-12-18)16-17-8-4-3-5-9-17/h3-5,8-9,18H,1-2,6-7,10-16,20H2,(H,21,23). The molecule has 0 spiro atoms. The molecule has 1 aromatic carbocycles. The van der Waals surface area contributed by atoms with E-state index in [0.29, 0.717) is 12.5 Å². The van der Waals surface area contributed by atoms with E-state index in [9.17, 15) is 4.79 Å². The van der Waals surface area contributed by atoms with Crippen LogP contribution < -0.4 is 11.1 Å². The van der Waals surface area contributed by atoms with Gasteiger partial charge in [-0.05, 0) is 37.8 Å². The van der Waals surface area contributed by atoms with Gasteiger partial charge in [-0.3, -0.25) is 9.69 Å². The molecule has 0 bridgehead atoms. The summed E-state index contributed by atoms with van der Waals surface area (Å²) in [6.45, 7) is 3.91. The first-order valence-corrected chi connectivity index (χ1v) is 9.03. The minimum atomic E-state index is 0.222. The highest BCUT2D eigenvalue weighted by Crippen LogP contribution is 2.14. The number of amides is 1. The van der Waals surface area contributed by atoms with Gasteiger partial charge in [-0.25, -0.2) is 0 Å². The molecule has 1 aliphatic heterocycles. The zero-order valence-electron chi connectivity index (χ0n) is 14.2. The van der Waals surface area contributed by atoms with E-state index in [1.165, 1.54) is 5.56 Å². The maximum atomic E-state index is 12.0. The molecule has 0 saturated carbocycles. The Balaban J connectivity index is 1.58. The Labute approximate surface area is 140 Å². The van der Waals surface area contributed by atoms with Crippen molar-refractivity contribution in [1.29, 1.82) is 0 Å². The van der Waals surface area contributed by atoms with Crippen molar-refractivity contribution < 1.29 is 4.79 Å². The molecular weight excluding hydrogens is 286 g/mol. The first kappa shape index (κ1) is 18.0. The summed E-state index contributed by atoms with van der Waals surface area (Å²) < 4.78 is 0. The summed E-state index contributed by atoms with van der Waals surface area (Å²) in [5, 5.41) is 3.20. The van der Waals surface area contributed by atoms with Crippen LogP contribution in [0.25, 0.3) is 0 Å². The molecule has 1 aliphatic rings. The number of benzene rings is 1. The molecule has 1 fully saturated rings. The number of carbonyl (C=O) groups excluding carboxylic acids is 1. The number of nitrogens with two attached hydrogens (primary N) is 1. The Morgan fingerprint density at radius 1 is 1.09 bits per heavy atom. The molecule has 1 saturated heterocycles. The van der Waals surface area contributed by atoms with Gasteiger partial charge in [0.15, 0.2) is 0 Å². The lowest BCUT2D eigenvalue weighted by molar-refractivity contribution is -0.122. The second-order valence-corrected chi connectivity index (χ2v) is 6.56. The number of nitrogens with zero attached hydrogens (tertiary/aromatic N) is 1. The summed E-state index contributed by atoms with van der Waals surface area (Å²) >= 11 is 0. The highest BCUT2D eigenvalue weighted by atomic mass is 16.1. The summed E-state index contributed by atoms with van der Waals surface area (Å²) in [6.07, 6.45) is 7.09. The molecule has 1 heterocycles. The average Bonchev–Trinajstić information content (AvgIpc) is 2.57. The van der Waals surface area contributed by atoms with Crippen LogP contribution in [0.3, 0.4) is 0 Å². The monoisotopic (exact) mass is 317 g/mol. The Morgan fingerprint density at radius 3 is 2.48 bits per heavy atom. The van der Waals surface area contributed by atoms with Gasteiger partial charge in [-0.15, -0.1) is 0 Å². The molecule has 4 nitrogen and oxygen atoms in total. The van der Waals surface area contributed by atoms with Crippen molar-refractivity contribution in [1.82, 2.24) is 10.2 Å². The van der Waals surface area contributed by atoms with E-state index in [4.69, 9.17) is 5.73 Å². The lowest BCUT2D eigenvalue weighted by Gasteiger charge is -2.32. The summed E-state index contributed by atoms with van der Waals surface area (Å²) in [7, 11) is 0. The predicted octanol–water partition coefficient (Wildman–Crippen LogP) is 2.68. The van der Waals surface area contributed by atoms with Crippen molar-refractivity contribution in [2.45, 2.75) is 57.5 Å².